The van der Waals surface area contributed by atoms with Crippen molar-refractivity contribution in [3.05, 3.63) is 41.6 Å². The molecule has 1 aromatic heterocycles. The van der Waals surface area contributed by atoms with Crippen LogP contribution in [-0.2, 0) is 4.65 Å². The molecule has 19 heavy (non-hydrogen) atoms. The van der Waals surface area contributed by atoms with Crippen LogP contribution in [0.3, 0.4) is 0 Å². The summed E-state index contributed by atoms with van der Waals surface area (Å²) in [6, 6.07) is 7.27. The van der Waals surface area contributed by atoms with Crippen molar-refractivity contribution in [2.45, 2.75) is 0 Å². The van der Waals surface area contributed by atoms with E-state index in [-0.39, 0.29) is 11.1 Å². The molecule has 0 bridgehead atoms. The minimum absolute atomic E-state index is 0.0161. The van der Waals surface area contributed by atoms with Crippen molar-refractivity contribution in [1.82, 2.24) is 9.97 Å². The Bertz CT molecular complexity index is 572. The second kappa shape index (κ2) is 6.35. The van der Waals surface area contributed by atoms with Crippen LogP contribution in [0.5, 0.6) is 0 Å². The molecule has 1 heterocycles. The summed E-state index contributed by atoms with van der Waals surface area (Å²) >= 11 is 5.63. The lowest BCUT2D eigenvalue weighted by Gasteiger charge is -2.09. The quantitative estimate of drug-likeness (QED) is 0.650. The normalized spacial score (nSPS) is 10.1. The second-order valence-corrected chi connectivity index (χ2v) is 3.99. The Morgan fingerprint density at radius 2 is 2.16 bits per heavy atom. The van der Waals surface area contributed by atoms with Crippen molar-refractivity contribution in [3.63, 3.8) is 0 Å². The Labute approximate surface area is 115 Å². The van der Waals surface area contributed by atoms with E-state index >= 15 is 0 Å². The molecule has 0 spiro atoms. The summed E-state index contributed by atoms with van der Waals surface area (Å²) in [5.41, 5.74) is 1.52. The predicted octanol–water partition coefficient (Wildman–Crippen LogP) is 2.34. The number of nitrogens with one attached hydrogen (secondary N) is 2. The Kier molecular flexibility index (Phi) is 4.54. The fourth-order valence-electron chi connectivity index (χ4n) is 1.43. The highest BCUT2D eigenvalue weighted by Gasteiger charge is 2.06. The van der Waals surface area contributed by atoms with Crippen LogP contribution in [0.15, 0.2) is 30.5 Å². The second-order valence-electron chi connectivity index (χ2n) is 3.65. The van der Waals surface area contributed by atoms with Crippen molar-refractivity contribution < 1.29 is 9.04 Å². The molecular formula is C11H11BClFN4O. The molecular weight excluding hydrogens is 269 g/mol. The van der Waals surface area contributed by atoms with E-state index < -0.39 is 5.82 Å². The molecule has 0 fully saturated rings. The highest BCUT2D eigenvalue weighted by molar-refractivity contribution is 6.32. The number of benzene rings is 1. The van der Waals surface area contributed by atoms with Gasteiger partial charge in [-0.2, -0.15) is 4.98 Å². The van der Waals surface area contributed by atoms with E-state index in [2.05, 4.69) is 20.5 Å². The summed E-state index contributed by atoms with van der Waals surface area (Å²) in [7, 11) is 1.98. The molecule has 0 saturated carbocycles. The average Bonchev–Trinajstić information content (AvgIpc) is 2.41. The molecule has 2 rings (SSSR count). The Hall–Kier alpha value is -1.86. The summed E-state index contributed by atoms with van der Waals surface area (Å²) in [6.07, 6.45) is 1.02. The third kappa shape index (κ3) is 3.80. The molecule has 0 unspecified atom stereocenters. The number of hydrogen-bond donors (Lipinski definition) is 2. The molecule has 0 aliphatic rings. The Balaban J connectivity index is 2.16. The first-order valence-corrected chi connectivity index (χ1v) is 5.85. The summed E-state index contributed by atoms with van der Waals surface area (Å²) < 4.78 is 18.4. The van der Waals surface area contributed by atoms with E-state index in [0.29, 0.717) is 13.3 Å². The number of rotatable bonds is 5. The number of hydrogen-bond acceptors (Lipinski definition) is 5. The molecule has 0 atom stereocenters. The van der Waals surface area contributed by atoms with Crippen LogP contribution < -0.4 is 10.5 Å². The number of nitrogens with zero attached hydrogens (tertiary/aromatic N) is 2. The summed E-state index contributed by atoms with van der Waals surface area (Å²) in [5.74, 6) is -0.538. The standard InChI is InChI=1S/C11H11BClFN4O/c1-19-12-18-8-4-2-3-7(5-8)16-10-9(14)6-15-11(13)17-10/h2-6,12,18H,1H3,(H,15,16,17). The van der Waals surface area contributed by atoms with Crippen LogP contribution in [0.25, 0.3) is 0 Å². The first-order valence-electron chi connectivity index (χ1n) is 5.47. The lowest BCUT2D eigenvalue weighted by atomic mass is 10.2. The fourth-order valence-corrected chi connectivity index (χ4v) is 1.57. The van der Waals surface area contributed by atoms with Crippen molar-refractivity contribution in [1.29, 1.82) is 0 Å². The summed E-state index contributed by atoms with van der Waals surface area (Å²) in [5, 5.41) is 5.85. The summed E-state index contributed by atoms with van der Waals surface area (Å²) in [4.78, 5) is 7.33. The van der Waals surface area contributed by atoms with Gasteiger partial charge >= 0.3 is 7.62 Å². The molecule has 98 valence electrons. The first-order chi connectivity index (χ1) is 9.19. The molecule has 0 aliphatic carbocycles. The zero-order chi connectivity index (χ0) is 13.7. The first kappa shape index (κ1) is 13.6. The van der Waals surface area contributed by atoms with Crippen LogP contribution in [-0.4, -0.2) is 24.7 Å². The lowest BCUT2D eigenvalue weighted by molar-refractivity contribution is 0.446. The zero-order valence-corrected chi connectivity index (χ0v) is 10.9. The highest BCUT2D eigenvalue weighted by Crippen LogP contribution is 2.21. The van der Waals surface area contributed by atoms with E-state index in [9.17, 15) is 4.39 Å². The van der Waals surface area contributed by atoms with Crippen LogP contribution in [0.2, 0.25) is 5.28 Å². The van der Waals surface area contributed by atoms with Gasteiger partial charge in [0.1, 0.15) is 0 Å². The van der Waals surface area contributed by atoms with E-state index in [1.807, 2.05) is 12.1 Å². The molecule has 0 amide bonds. The predicted molar refractivity (Wildman–Crippen MR) is 74.5 cm³/mol. The van der Waals surface area contributed by atoms with Gasteiger partial charge < -0.3 is 15.2 Å². The lowest BCUT2D eigenvalue weighted by Crippen LogP contribution is -2.08. The van der Waals surface area contributed by atoms with Crippen LogP contribution in [0.4, 0.5) is 21.6 Å². The van der Waals surface area contributed by atoms with Gasteiger partial charge in [-0.15, -0.1) is 0 Å². The zero-order valence-electron chi connectivity index (χ0n) is 10.2. The van der Waals surface area contributed by atoms with Gasteiger partial charge in [-0.25, -0.2) is 9.37 Å². The van der Waals surface area contributed by atoms with Crippen molar-refractivity contribution in [2.75, 3.05) is 17.7 Å². The molecule has 0 saturated heterocycles. The maximum absolute atomic E-state index is 13.5. The van der Waals surface area contributed by atoms with E-state index in [1.165, 1.54) is 0 Å². The number of anilines is 3. The number of aromatic nitrogens is 2. The molecule has 2 aromatic rings. The maximum Gasteiger partial charge on any atom is 0.393 e. The van der Waals surface area contributed by atoms with E-state index in [0.717, 1.165) is 11.9 Å². The SMILES string of the molecule is COBNc1cccc(Nc2nc(Cl)ncc2F)c1. The van der Waals surface area contributed by atoms with Crippen LogP contribution >= 0.6 is 11.6 Å². The highest BCUT2D eigenvalue weighted by atomic mass is 35.5. The van der Waals surface area contributed by atoms with E-state index in [1.54, 1.807) is 19.2 Å². The van der Waals surface area contributed by atoms with Crippen molar-refractivity contribution in [3.8, 4) is 0 Å². The third-order valence-electron chi connectivity index (χ3n) is 2.26. The largest absolute Gasteiger partial charge is 0.422 e. The maximum atomic E-state index is 13.5. The topological polar surface area (TPSA) is 59.1 Å². The van der Waals surface area contributed by atoms with Gasteiger partial charge in [-0.05, 0) is 29.8 Å². The van der Waals surface area contributed by atoms with Crippen molar-refractivity contribution >= 4 is 36.4 Å². The van der Waals surface area contributed by atoms with Crippen LogP contribution in [0.1, 0.15) is 0 Å². The molecule has 5 nitrogen and oxygen atoms in total. The average molecular weight is 280 g/mol. The van der Waals surface area contributed by atoms with Crippen molar-refractivity contribution in [2.24, 2.45) is 0 Å². The van der Waals surface area contributed by atoms with Gasteiger partial charge in [0.15, 0.2) is 11.6 Å². The van der Waals surface area contributed by atoms with Gasteiger partial charge in [-0.3, -0.25) is 0 Å². The van der Waals surface area contributed by atoms with Gasteiger partial charge in [0, 0.05) is 18.5 Å². The van der Waals surface area contributed by atoms with Crippen LogP contribution in [0, 0.1) is 5.82 Å². The van der Waals surface area contributed by atoms with E-state index in [4.69, 9.17) is 16.3 Å². The Morgan fingerprint density at radius 3 is 2.95 bits per heavy atom. The minimum Gasteiger partial charge on any atom is -0.422 e. The Morgan fingerprint density at radius 1 is 1.37 bits per heavy atom. The fraction of sp³-hybridized carbons (Fsp3) is 0.0909. The molecule has 1 aromatic carbocycles. The molecule has 0 radical (unpaired) electrons. The van der Waals surface area contributed by atoms with Gasteiger partial charge in [0.2, 0.25) is 5.28 Å². The number of halogens is 2. The monoisotopic (exact) mass is 280 g/mol. The molecule has 2 N–H and O–H groups in total. The molecule has 8 heteroatoms. The van der Waals surface area contributed by atoms with Gasteiger partial charge in [0.05, 0.1) is 6.20 Å². The smallest absolute Gasteiger partial charge is 0.393 e. The minimum atomic E-state index is -0.570. The van der Waals surface area contributed by atoms with Gasteiger partial charge in [0.25, 0.3) is 0 Å². The third-order valence-corrected chi connectivity index (χ3v) is 2.44. The summed E-state index contributed by atoms with van der Waals surface area (Å²) in [6.45, 7) is 0. The molecule has 0 aliphatic heterocycles. The van der Waals surface area contributed by atoms with Gasteiger partial charge in [-0.1, -0.05) is 6.07 Å².